The summed E-state index contributed by atoms with van der Waals surface area (Å²) >= 11 is 0. The normalized spacial score (nSPS) is 11.5. The van der Waals surface area contributed by atoms with Crippen molar-refractivity contribution in [2.24, 2.45) is 0 Å². The van der Waals surface area contributed by atoms with Gasteiger partial charge in [0.1, 0.15) is 0 Å². The summed E-state index contributed by atoms with van der Waals surface area (Å²) in [5.74, 6) is -0.0465. The molecule has 2 aromatic carbocycles. The Morgan fingerprint density at radius 3 is 2.46 bits per heavy atom. The summed E-state index contributed by atoms with van der Waals surface area (Å²) in [6.07, 6.45) is 2.34. The summed E-state index contributed by atoms with van der Waals surface area (Å²) in [4.78, 5) is 28.5. The standard InChI is InChI=1S/C23H23N3O2/c1-16-9-11-18(12-10-16)14-22(21-8-3-4-13-24-21)26-23(28)25-20-7-5-6-19(15-20)17(2)27/h3-13,15,22H,14H2,1-2H3,(H2,25,26,28). The van der Waals surface area contributed by atoms with Gasteiger partial charge in [-0.2, -0.15) is 0 Å². The Kier molecular flexibility index (Phi) is 6.17. The Labute approximate surface area is 164 Å². The molecule has 0 saturated carbocycles. The molecule has 0 saturated heterocycles. The van der Waals surface area contributed by atoms with Crippen LogP contribution in [0.5, 0.6) is 0 Å². The Bertz CT molecular complexity index is 953. The van der Waals surface area contributed by atoms with Crippen molar-refractivity contribution in [1.82, 2.24) is 10.3 Å². The van der Waals surface area contributed by atoms with Gasteiger partial charge in [0.25, 0.3) is 0 Å². The van der Waals surface area contributed by atoms with Gasteiger partial charge in [0.2, 0.25) is 0 Å². The summed E-state index contributed by atoms with van der Waals surface area (Å²) in [6.45, 7) is 3.54. The second-order valence-electron chi connectivity index (χ2n) is 6.73. The predicted octanol–water partition coefficient (Wildman–Crippen LogP) is 4.70. The van der Waals surface area contributed by atoms with Gasteiger partial charge in [-0.15, -0.1) is 0 Å². The molecule has 2 amide bonds. The van der Waals surface area contributed by atoms with E-state index in [4.69, 9.17) is 0 Å². The van der Waals surface area contributed by atoms with E-state index in [0.717, 1.165) is 11.3 Å². The highest BCUT2D eigenvalue weighted by molar-refractivity contribution is 5.96. The topological polar surface area (TPSA) is 71.1 Å². The molecule has 1 heterocycles. The molecule has 0 radical (unpaired) electrons. The fourth-order valence-corrected chi connectivity index (χ4v) is 2.91. The first kappa shape index (κ1) is 19.3. The van der Waals surface area contributed by atoms with Gasteiger partial charge < -0.3 is 10.6 Å². The number of carbonyl (C=O) groups is 2. The molecule has 1 aromatic heterocycles. The highest BCUT2D eigenvalue weighted by Gasteiger charge is 2.17. The van der Waals surface area contributed by atoms with Crippen LogP contribution >= 0.6 is 0 Å². The molecule has 3 aromatic rings. The monoisotopic (exact) mass is 373 g/mol. The zero-order valence-electron chi connectivity index (χ0n) is 16.0. The van der Waals surface area contributed by atoms with Crippen molar-refractivity contribution < 1.29 is 9.59 Å². The number of hydrogen-bond acceptors (Lipinski definition) is 3. The van der Waals surface area contributed by atoms with Crippen LogP contribution in [-0.2, 0) is 6.42 Å². The van der Waals surface area contributed by atoms with Crippen LogP contribution in [0.1, 0.15) is 40.1 Å². The fourth-order valence-electron chi connectivity index (χ4n) is 2.91. The summed E-state index contributed by atoms with van der Waals surface area (Å²) in [5.41, 5.74) is 4.21. The van der Waals surface area contributed by atoms with E-state index in [1.54, 1.807) is 30.5 Å². The van der Waals surface area contributed by atoms with E-state index >= 15 is 0 Å². The minimum Gasteiger partial charge on any atom is -0.329 e. The third kappa shape index (κ3) is 5.27. The fraction of sp³-hybridized carbons (Fsp3) is 0.174. The number of Topliss-reactive ketones (excluding diaryl/α,β-unsaturated/α-hetero) is 1. The smallest absolute Gasteiger partial charge is 0.319 e. The van der Waals surface area contributed by atoms with Crippen molar-refractivity contribution in [2.45, 2.75) is 26.3 Å². The van der Waals surface area contributed by atoms with Crippen molar-refractivity contribution in [3.63, 3.8) is 0 Å². The lowest BCUT2D eigenvalue weighted by Gasteiger charge is -2.19. The minimum atomic E-state index is -0.344. The molecule has 5 nitrogen and oxygen atoms in total. The van der Waals surface area contributed by atoms with Crippen molar-refractivity contribution in [2.75, 3.05) is 5.32 Å². The number of carbonyl (C=O) groups excluding carboxylic acids is 2. The van der Waals surface area contributed by atoms with E-state index in [9.17, 15) is 9.59 Å². The Morgan fingerprint density at radius 1 is 1.00 bits per heavy atom. The van der Waals surface area contributed by atoms with Crippen LogP contribution in [0.3, 0.4) is 0 Å². The van der Waals surface area contributed by atoms with Gasteiger partial charge in [-0.05, 0) is 50.1 Å². The minimum absolute atomic E-state index is 0.0465. The number of benzene rings is 2. The molecule has 0 bridgehead atoms. The average Bonchev–Trinajstić information content (AvgIpc) is 2.70. The zero-order valence-corrected chi connectivity index (χ0v) is 16.0. The molecule has 0 aliphatic rings. The largest absolute Gasteiger partial charge is 0.329 e. The van der Waals surface area contributed by atoms with E-state index in [0.29, 0.717) is 17.7 Å². The molecule has 1 atom stereocenters. The number of hydrogen-bond donors (Lipinski definition) is 2. The molecule has 28 heavy (non-hydrogen) atoms. The van der Waals surface area contributed by atoms with Gasteiger partial charge in [-0.25, -0.2) is 4.79 Å². The van der Waals surface area contributed by atoms with Gasteiger partial charge in [0.05, 0.1) is 11.7 Å². The first-order valence-corrected chi connectivity index (χ1v) is 9.16. The number of anilines is 1. The van der Waals surface area contributed by atoms with Crippen LogP contribution in [0.4, 0.5) is 10.5 Å². The summed E-state index contributed by atoms with van der Waals surface area (Å²) in [7, 11) is 0. The molecule has 1 unspecified atom stereocenters. The number of pyridine rings is 1. The maximum absolute atomic E-state index is 12.6. The Balaban J connectivity index is 1.75. The van der Waals surface area contributed by atoms with Gasteiger partial charge in [0, 0.05) is 17.4 Å². The molecule has 0 spiro atoms. The number of aryl methyl sites for hydroxylation is 1. The quantitative estimate of drug-likeness (QED) is 0.615. The molecular weight excluding hydrogens is 350 g/mol. The van der Waals surface area contributed by atoms with E-state index in [2.05, 4.69) is 39.9 Å². The second-order valence-corrected chi connectivity index (χ2v) is 6.73. The molecular formula is C23H23N3O2. The first-order chi connectivity index (χ1) is 13.5. The Hall–Kier alpha value is -3.47. The maximum Gasteiger partial charge on any atom is 0.319 e. The lowest BCUT2D eigenvalue weighted by molar-refractivity contribution is 0.101. The molecule has 0 fully saturated rings. The number of rotatable bonds is 6. The van der Waals surface area contributed by atoms with Crippen LogP contribution in [0, 0.1) is 6.92 Å². The maximum atomic E-state index is 12.6. The van der Waals surface area contributed by atoms with Gasteiger partial charge in [-0.3, -0.25) is 9.78 Å². The SMILES string of the molecule is CC(=O)c1cccc(NC(=O)NC(Cc2ccc(C)cc2)c2ccccn2)c1. The lowest BCUT2D eigenvalue weighted by Crippen LogP contribution is -2.34. The highest BCUT2D eigenvalue weighted by atomic mass is 16.2. The summed E-state index contributed by atoms with van der Waals surface area (Å²) in [5, 5.41) is 5.80. The predicted molar refractivity (Wildman–Crippen MR) is 110 cm³/mol. The van der Waals surface area contributed by atoms with E-state index < -0.39 is 0 Å². The van der Waals surface area contributed by atoms with Crippen molar-refractivity contribution in [3.8, 4) is 0 Å². The summed E-state index contributed by atoms with van der Waals surface area (Å²) < 4.78 is 0. The van der Waals surface area contributed by atoms with Crippen LogP contribution in [-0.4, -0.2) is 16.8 Å². The third-order valence-electron chi connectivity index (χ3n) is 4.44. The van der Waals surface area contributed by atoms with Crippen LogP contribution in [0.25, 0.3) is 0 Å². The second kappa shape index (κ2) is 8.95. The number of nitrogens with one attached hydrogen (secondary N) is 2. The highest BCUT2D eigenvalue weighted by Crippen LogP contribution is 2.18. The molecule has 0 aliphatic carbocycles. The lowest BCUT2D eigenvalue weighted by atomic mass is 10.0. The number of nitrogens with zero attached hydrogens (tertiary/aromatic N) is 1. The van der Waals surface area contributed by atoms with Crippen molar-refractivity contribution in [3.05, 3.63) is 95.3 Å². The molecule has 5 heteroatoms. The molecule has 142 valence electrons. The van der Waals surface area contributed by atoms with Crippen molar-refractivity contribution >= 4 is 17.5 Å². The van der Waals surface area contributed by atoms with Gasteiger partial charge >= 0.3 is 6.03 Å². The van der Waals surface area contributed by atoms with E-state index in [-0.39, 0.29) is 17.9 Å². The molecule has 3 rings (SSSR count). The zero-order chi connectivity index (χ0) is 19.9. The first-order valence-electron chi connectivity index (χ1n) is 9.16. The number of ketones is 1. The summed E-state index contributed by atoms with van der Waals surface area (Å²) in [6, 6.07) is 20.1. The van der Waals surface area contributed by atoms with E-state index in [1.165, 1.54) is 12.5 Å². The molecule has 2 N–H and O–H groups in total. The van der Waals surface area contributed by atoms with Gasteiger partial charge in [-0.1, -0.05) is 48.0 Å². The third-order valence-corrected chi connectivity index (χ3v) is 4.44. The molecule has 0 aliphatic heterocycles. The number of urea groups is 1. The van der Waals surface area contributed by atoms with Crippen LogP contribution < -0.4 is 10.6 Å². The number of aromatic nitrogens is 1. The average molecular weight is 373 g/mol. The van der Waals surface area contributed by atoms with Gasteiger partial charge in [0.15, 0.2) is 5.78 Å². The Morgan fingerprint density at radius 2 is 1.79 bits per heavy atom. The van der Waals surface area contributed by atoms with Crippen LogP contribution in [0.15, 0.2) is 72.9 Å². The van der Waals surface area contributed by atoms with Crippen LogP contribution in [0.2, 0.25) is 0 Å². The van der Waals surface area contributed by atoms with Crippen molar-refractivity contribution in [1.29, 1.82) is 0 Å². The number of amides is 2. The van der Waals surface area contributed by atoms with E-state index in [1.807, 2.05) is 25.1 Å².